The van der Waals surface area contributed by atoms with E-state index < -0.39 is 6.36 Å². The van der Waals surface area contributed by atoms with Gasteiger partial charge in [0, 0.05) is 10.4 Å². The Morgan fingerprint density at radius 2 is 2.00 bits per heavy atom. The Labute approximate surface area is 112 Å². The molecule has 100 valence electrons. The van der Waals surface area contributed by atoms with E-state index in [1.807, 2.05) is 6.92 Å². The van der Waals surface area contributed by atoms with Crippen LogP contribution in [0.3, 0.4) is 0 Å². The molecule has 0 spiro atoms. The number of benzene rings is 1. The van der Waals surface area contributed by atoms with Gasteiger partial charge >= 0.3 is 6.36 Å². The largest absolute Gasteiger partial charge is 0.573 e. The van der Waals surface area contributed by atoms with Crippen molar-refractivity contribution >= 4 is 15.9 Å². The first-order valence-electron chi connectivity index (χ1n) is 5.79. The van der Waals surface area contributed by atoms with Crippen molar-refractivity contribution in [2.24, 2.45) is 0 Å². The van der Waals surface area contributed by atoms with E-state index in [0.717, 1.165) is 19.3 Å². The molecule has 2 atom stereocenters. The van der Waals surface area contributed by atoms with Crippen molar-refractivity contribution in [2.75, 3.05) is 0 Å². The molecule has 1 aliphatic rings. The monoisotopic (exact) mass is 322 g/mol. The van der Waals surface area contributed by atoms with Crippen LogP contribution in [0, 0.1) is 0 Å². The van der Waals surface area contributed by atoms with Gasteiger partial charge in [-0.2, -0.15) is 0 Å². The second kappa shape index (κ2) is 4.76. The molecule has 1 nitrogen and oxygen atoms in total. The molecule has 1 aromatic carbocycles. The van der Waals surface area contributed by atoms with E-state index in [4.69, 9.17) is 0 Å². The highest BCUT2D eigenvalue weighted by atomic mass is 79.9. The molecule has 5 heteroatoms. The maximum absolute atomic E-state index is 12.4. The van der Waals surface area contributed by atoms with Crippen LogP contribution < -0.4 is 4.74 Å². The Balaban J connectivity index is 2.33. The molecule has 1 aromatic rings. The zero-order valence-corrected chi connectivity index (χ0v) is 11.5. The van der Waals surface area contributed by atoms with Crippen LogP contribution in [-0.4, -0.2) is 11.2 Å². The molecule has 18 heavy (non-hydrogen) atoms. The average molecular weight is 323 g/mol. The minimum atomic E-state index is -4.64. The number of hydrogen-bond donors (Lipinski definition) is 0. The van der Waals surface area contributed by atoms with Crippen molar-refractivity contribution in [2.45, 2.75) is 42.8 Å². The molecule has 1 aliphatic carbocycles. The minimum Gasteiger partial charge on any atom is -0.405 e. The lowest BCUT2D eigenvalue weighted by Crippen LogP contribution is -2.23. The smallest absolute Gasteiger partial charge is 0.405 e. The number of para-hydroxylation sites is 1. The van der Waals surface area contributed by atoms with E-state index in [-0.39, 0.29) is 11.2 Å². The van der Waals surface area contributed by atoms with Crippen LogP contribution >= 0.6 is 15.9 Å². The Morgan fingerprint density at radius 1 is 1.33 bits per heavy atom. The number of halogens is 4. The van der Waals surface area contributed by atoms with Crippen LogP contribution in [0.15, 0.2) is 24.3 Å². The van der Waals surface area contributed by atoms with Gasteiger partial charge in [0.25, 0.3) is 0 Å². The second-order valence-corrected chi connectivity index (χ2v) is 6.24. The summed E-state index contributed by atoms with van der Waals surface area (Å²) in [6.07, 6.45) is -1.98. The molecule has 0 N–H and O–H groups in total. The molecule has 0 bridgehead atoms. The van der Waals surface area contributed by atoms with Crippen molar-refractivity contribution < 1.29 is 17.9 Å². The highest BCUT2D eigenvalue weighted by Crippen LogP contribution is 2.47. The third-order valence-electron chi connectivity index (χ3n) is 3.44. The van der Waals surface area contributed by atoms with Gasteiger partial charge < -0.3 is 4.74 Å². The van der Waals surface area contributed by atoms with Gasteiger partial charge in [0.1, 0.15) is 5.75 Å². The van der Waals surface area contributed by atoms with Crippen LogP contribution in [-0.2, 0) is 5.41 Å². The van der Waals surface area contributed by atoms with Gasteiger partial charge in [-0.05, 0) is 30.7 Å². The predicted molar refractivity (Wildman–Crippen MR) is 67.0 cm³/mol. The van der Waals surface area contributed by atoms with E-state index in [1.54, 1.807) is 18.2 Å². The zero-order valence-electron chi connectivity index (χ0n) is 9.93. The summed E-state index contributed by atoms with van der Waals surface area (Å²) in [6.45, 7) is 1.99. The minimum absolute atomic E-state index is 0.0749. The molecule has 2 rings (SSSR count). The lowest BCUT2D eigenvalue weighted by molar-refractivity contribution is -0.275. The zero-order chi connectivity index (χ0) is 13.4. The Morgan fingerprint density at radius 3 is 2.56 bits per heavy atom. The summed E-state index contributed by atoms with van der Waals surface area (Å²) >= 11 is 3.53. The molecular weight excluding hydrogens is 309 g/mol. The summed E-state index contributed by atoms with van der Waals surface area (Å²) in [4.78, 5) is 0.362. The van der Waals surface area contributed by atoms with Crippen LogP contribution in [0.2, 0.25) is 0 Å². The Bertz CT molecular complexity index is 432. The van der Waals surface area contributed by atoms with E-state index >= 15 is 0 Å². The first-order chi connectivity index (χ1) is 8.30. The fourth-order valence-electron chi connectivity index (χ4n) is 2.59. The standard InChI is InChI=1S/C13H14BrF3O/c1-12(7-6-9(14)8-12)10-4-2-3-5-11(10)18-13(15,16)17/h2-5,9H,6-8H2,1H3. The SMILES string of the molecule is CC1(c2ccccc2OC(F)(F)F)CCC(Br)C1. The van der Waals surface area contributed by atoms with Crippen LogP contribution in [0.1, 0.15) is 31.7 Å². The van der Waals surface area contributed by atoms with Crippen LogP contribution in [0.4, 0.5) is 13.2 Å². The van der Waals surface area contributed by atoms with Gasteiger partial charge in [0.05, 0.1) is 0 Å². The summed E-state index contributed by atoms with van der Waals surface area (Å²) in [7, 11) is 0. The number of rotatable bonds is 2. The highest BCUT2D eigenvalue weighted by Gasteiger charge is 2.39. The van der Waals surface area contributed by atoms with Crippen molar-refractivity contribution in [3.8, 4) is 5.75 Å². The van der Waals surface area contributed by atoms with Gasteiger partial charge in [-0.3, -0.25) is 0 Å². The number of hydrogen-bond acceptors (Lipinski definition) is 1. The normalized spacial score (nSPS) is 28.4. The number of alkyl halides is 4. The van der Waals surface area contributed by atoms with Gasteiger partial charge in [-0.1, -0.05) is 41.1 Å². The quantitative estimate of drug-likeness (QED) is 0.711. The molecule has 0 heterocycles. The summed E-state index contributed by atoms with van der Waals surface area (Å²) in [5, 5.41) is 0. The maximum Gasteiger partial charge on any atom is 0.573 e. The van der Waals surface area contributed by atoms with E-state index in [1.165, 1.54) is 6.07 Å². The molecule has 0 saturated heterocycles. The van der Waals surface area contributed by atoms with E-state index in [2.05, 4.69) is 20.7 Å². The second-order valence-electron chi connectivity index (χ2n) is 4.94. The number of ether oxygens (including phenoxy) is 1. The third kappa shape index (κ3) is 2.99. The molecule has 1 saturated carbocycles. The summed E-state index contributed by atoms with van der Waals surface area (Å²) in [5.41, 5.74) is 0.389. The molecule has 1 fully saturated rings. The highest BCUT2D eigenvalue weighted by molar-refractivity contribution is 9.09. The fourth-order valence-corrected chi connectivity index (χ4v) is 3.54. The van der Waals surface area contributed by atoms with Crippen molar-refractivity contribution in [3.05, 3.63) is 29.8 Å². The summed E-state index contributed by atoms with van der Waals surface area (Å²) < 4.78 is 41.3. The van der Waals surface area contributed by atoms with E-state index in [9.17, 15) is 13.2 Å². The Hall–Kier alpha value is -0.710. The first kappa shape index (κ1) is 13.7. The fraction of sp³-hybridized carbons (Fsp3) is 0.538. The van der Waals surface area contributed by atoms with Gasteiger partial charge in [-0.15, -0.1) is 13.2 Å². The Kier molecular flexibility index (Phi) is 3.63. The van der Waals surface area contributed by atoms with Gasteiger partial charge in [-0.25, -0.2) is 0 Å². The van der Waals surface area contributed by atoms with Crippen LogP contribution in [0.5, 0.6) is 5.75 Å². The summed E-state index contributed by atoms with van der Waals surface area (Å²) in [6, 6.07) is 6.43. The van der Waals surface area contributed by atoms with Crippen LogP contribution in [0.25, 0.3) is 0 Å². The molecule has 0 aromatic heterocycles. The van der Waals surface area contributed by atoms with Crippen molar-refractivity contribution in [1.82, 2.24) is 0 Å². The molecular formula is C13H14BrF3O. The van der Waals surface area contributed by atoms with Crippen molar-refractivity contribution in [1.29, 1.82) is 0 Å². The maximum atomic E-state index is 12.4. The van der Waals surface area contributed by atoms with Gasteiger partial charge in [0.15, 0.2) is 0 Å². The first-order valence-corrected chi connectivity index (χ1v) is 6.71. The summed E-state index contributed by atoms with van der Waals surface area (Å²) in [5.74, 6) is -0.0749. The van der Waals surface area contributed by atoms with E-state index in [0.29, 0.717) is 10.4 Å². The lowest BCUT2D eigenvalue weighted by atomic mass is 9.80. The third-order valence-corrected chi connectivity index (χ3v) is 4.23. The average Bonchev–Trinajstić information content (AvgIpc) is 2.58. The topological polar surface area (TPSA) is 9.23 Å². The predicted octanol–water partition coefficient (Wildman–Crippen LogP) is 4.79. The molecule has 0 aliphatic heterocycles. The molecule has 0 radical (unpaired) electrons. The van der Waals surface area contributed by atoms with Gasteiger partial charge in [0.2, 0.25) is 0 Å². The lowest BCUT2D eigenvalue weighted by Gasteiger charge is -2.27. The van der Waals surface area contributed by atoms with Crippen molar-refractivity contribution in [3.63, 3.8) is 0 Å². The molecule has 0 amide bonds. The molecule has 2 unspecified atom stereocenters.